The fourth-order valence-corrected chi connectivity index (χ4v) is 4.67. The minimum atomic E-state index is 0.171. The zero-order valence-electron chi connectivity index (χ0n) is 18.0. The van der Waals surface area contributed by atoms with Crippen LogP contribution in [-0.2, 0) is 17.9 Å². The van der Waals surface area contributed by atoms with Crippen molar-refractivity contribution in [2.45, 2.75) is 58.5 Å². The van der Waals surface area contributed by atoms with Crippen molar-refractivity contribution in [3.63, 3.8) is 0 Å². The number of aryl methyl sites for hydroxylation is 1. The number of aromatic nitrogens is 2. The van der Waals surface area contributed by atoms with Gasteiger partial charge in [0.15, 0.2) is 0 Å². The second-order valence-corrected chi connectivity index (χ2v) is 8.79. The fraction of sp³-hybridized carbons (Fsp3) is 0.652. The Balaban J connectivity index is 1.52. The third kappa shape index (κ3) is 4.81. The van der Waals surface area contributed by atoms with Crippen LogP contribution in [0.5, 0.6) is 0 Å². The van der Waals surface area contributed by atoms with Gasteiger partial charge in [0.25, 0.3) is 0 Å². The van der Waals surface area contributed by atoms with Gasteiger partial charge in [-0.15, -0.1) is 0 Å². The highest BCUT2D eigenvalue weighted by atomic mass is 16.1. The van der Waals surface area contributed by atoms with Crippen LogP contribution in [0, 0.1) is 5.92 Å². The van der Waals surface area contributed by atoms with Gasteiger partial charge in [-0.05, 0) is 44.5 Å². The molecule has 1 aliphatic heterocycles. The van der Waals surface area contributed by atoms with Crippen LogP contribution in [0.4, 0.5) is 5.69 Å². The normalized spacial score (nSPS) is 19.7. The van der Waals surface area contributed by atoms with Crippen LogP contribution in [0.3, 0.4) is 0 Å². The molecule has 6 nitrogen and oxygen atoms in total. The molecule has 2 heterocycles. The van der Waals surface area contributed by atoms with E-state index in [-0.39, 0.29) is 11.8 Å². The van der Waals surface area contributed by atoms with E-state index in [0.29, 0.717) is 0 Å². The van der Waals surface area contributed by atoms with Crippen LogP contribution in [0.25, 0.3) is 11.0 Å². The van der Waals surface area contributed by atoms with Crippen molar-refractivity contribution >= 4 is 22.6 Å². The summed E-state index contributed by atoms with van der Waals surface area (Å²) < 4.78 is 2.36. The van der Waals surface area contributed by atoms with Gasteiger partial charge in [0.2, 0.25) is 5.91 Å². The van der Waals surface area contributed by atoms with Crippen LogP contribution in [0.2, 0.25) is 0 Å². The second kappa shape index (κ2) is 9.26. The van der Waals surface area contributed by atoms with Gasteiger partial charge in [-0.2, -0.15) is 0 Å². The molecule has 1 amide bonds. The van der Waals surface area contributed by atoms with Crippen LogP contribution >= 0.6 is 0 Å². The standard InChI is InChI=1S/C23H35N5O/c1-3-11-28-21-10-9-19(24-23(29)18-7-5-4-6-8-18)16-20(21)25-22(28)17-27-14-12-26(2)13-15-27/h9-10,16,18H,3-8,11-15,17H2,1-2H3,(H,24,29). The van der Waals surface area contributed by atoms with Crippen LogP contribution in [0.15, 0.2) is 18.2 Å². The van der Waals surface area contributed by atoms with Crippen molar-refractivity contribution in [1.82, 2.24) is 19.4 Å². The van der Waals surface area contributed by atoms with E-state index in [1.807, 2.05) is 6.07 Å². The van der Waals surface area contributed by atoms with Gasteiger partial charge in [0, 0.05) is 44.3 Å². The number of nitrogens with zero attached hydrogens (tertiary/aromatic N) is 4. The molecule has 4 rings (SSSR count). The van der Waals surface area contributed by atoms with E-state index in [2.05, 4.69) is 45.8 Å². The number of hydrogen-bond acceptors (Lipinski definition) is 4. The lowest BCUT2D eigenvalue weighted by molar-refractivity contribution is -0.120. The van der Waals surface area contributed by atoms with Crippen LogP contribution in [0.1, 0.15) is 51.3 Å². The number of fused-ring (bicyclic) bond motifs is 1. The molecule has 29 heavy (non-hydrogen) atoms. The van der Waals surface area contributed by atoms with Crippen molar-refractivity contribution in [3.05, 3.63) is 24.0 Å². The Morgan fingerprint density at radius 1 is 1.14 bits per heavy atom. The highest BCUT2D eigenvalue weighted by molar-refractivity contribution is 5.94. The quantitative estimate of drug-likeness (QED) is 0.807. The molecule has 1 saturated carbocycles. The molecule has 1 N–H and O–H groups in total. The molecule has 1 aromatic carbocycles. The molecule has 0 bridgehead atoms. The minimum Gasteiger partial charge on any atom is -0.327 e. The molecular formula is C23H35N5O. The van der Waals surface area contributed by atoms with E-state index in [1.54, 1.807) is 0 Å². The lowest BCUT2D eigenvalue weighted by Crippen LogP contribution is -2.44. The summed E-state index contributed by atoms with van der Waals surface area (Å²) in [6, 6.07) is 6.22. The molecule has 1 aliphatic carbocycles. The minimum absolute atomic E-state index is 0.171. The Hall–Kier alpha value is -1.92. The van der Waals surface area contributed by atoms with Crippen molar-refractivity contribution in [2.75, 3.05) is 38.5 Å². The Morgan fingerprint density at radius 2 is 1.90 bits per heavy atom. The molecule has 1 aromatic heterocycles. The van der Waals surface area contributed by atoms with Gasteiger partial charge in [-0.25, -0.2) is 4.98 Å². The Labute approximate surface area is 174 Å². The summed E-state index contributed by atoms with van der Waals surface area (Å²) in [5.74, 6) is 1.49. The predicted octanol–water partition coefficient (Wildman–Crippen LogP) is 3.71. The van der Waals surface area contributed by atoms with E-state index < -0.39 is 0 Å². The van der Waals surface area contributed by atoms with E-state index in [9.17, 15) is 4.79 Å². The third-order valence-electron chi connectivity index (χ3n) is 6.48. The number of nitrogens with one attached hydrogen (secondary N) is 1. The highest BCUT2D eigenvalue weighted by Gasteiger charge is 2.22. The van der Waals surface area contributed by atoms with Gasteiger partial charge in [-0.1, -0.05) is 26.2 Å². The SMILES string of the molecule is CCCn1c(CN2CCN(C)CC2)nc2cc(NC(=O)C3CCCCC3)ccc21. The first-order chi connectivity index (χ1) is 14.1. The largest absolute Gasteiger partial charge is 0.327 e. The molecule has 2 aliphatic rings. The van der Waals surface area contributed by atoms with Gasteiger partial charge < -0.3 is 14.8 Å². The van der Waals surface area contributed by atoms with E-state index in [4.69, 9.17) is 4.98 Å². The highest BCUT2D eigenvalue weighted by Crippen LogP contribution is 2.26. The maximum Gasteiger partial charge on any atom is 0.227 e. The molecule has 0 atom stereocenters. The number of carbonyl (C=O) groups is 1. The number of imidazole rings is 1. The summed E-state index contributed by atoms with van der Waals surface area (Å²) in [5, 5.41) is 3.15. The maximum absolute atomic E-state index is 12.6. The smallest absolute Gasteiger partial charge is 0.227 e. The van der Waals surface area contributed by atoms with Crippen molar-refractivity contribution in [2.24, 2.45) is 5.92 Å². The maximum atomic E-state index is 12.6. The van der Waals surface area contributed by atoms with Gasteiger partial charge in [0.1, 0.15) is 5.82 Å². The Morgan fingerprint density at radius 3 is 2.62 bits per heavy atom. The molecule has 158 valence electrons. The topological polar surface area (TPSA) is 53.4 Å². The van der Waals surface area contributed by atoms with Gasteiger partial charge in [0.05, 0.1) is 17.6 Å². The number of carbonyl (C=O) groups excluding carboxylic acids is 1. The van der Waals surface area contributed by atoms with Crippen LogP contribution in [-0.4, -0.2) is 58.5 Å². The lowest BCUT2D eigenvalue weighted by atomic mass is 9.88. The number of likely N-dealkylation sites (N-methyl/N-ethyl adjacent to an activating group) is 1. The number of piperazine rings is 1. The lowest BCUT2D eigenvalue weighted by Gasteiger charge is -2.32. The summed E-state index contributed by atoms with van der Waals surface area (Å²) in [6.45, 7) is 8.50. The molecule has 2 aromatic rings. The van der Waals surface area contributed by atoms with E-state index in [1.165, 1.54) is 24.8 Å². The van der Waals surface area contributed by atoms with Crippen molar-refractivity contribution < 1.29 is 4.79 Å². The summed E-state index contributed by atoms with van der Waals surface area (Å²) in [7, 11) is 2.19. The molecule has 0 radical (unpaired) electrons. The second-order valence-electron chi connectivity index (χ2n) is 8.79. The number of anilines is 1. The van der Waals surface area contributed by atoms with Crippen molar-refractivity contribution in [1.29, 1.82) is 0 Å². The van der Waals surface area contributed by atoms with E-state index in [0.717, 1.165) is 75.6 Å². The zero-order chi connectivity index (χ0) is 20.2. The molecule has 0 unspecified atom stereocenters. The molecular weight excluding hydrogens is 362 g/mol. The zero-order valence-corrected chi connectivity index (χ0v) is 18.0. The first-order valence-corrected chi connectivity index (χ1v) is 11.3. The monoisotopic (exact) mass is 397 g/mol. The number of benzene rings is 1. The van der Waals surface area contributed by atoms with E-state index >= 15 is 0 Å². The summed E-state index contributed by atoms with van der Waals surface area (Å²) in [6.07, 6.45) is 6.74. The summed E-state index contributed by atoms with van der Waals surface area (Å²) >= 11 is 0. The predicted molar refractivity (Wildman–Crippen MR) is 118 cm³/mol. The molecule has 2 fully saturated rings. The number of hydrogen-bond donors (Lipinski definition) is 1. The molecule has 6 heteroatoms. The average Bonchev–Trinajstić information content (AvgIpc) is 3.07. The van der Waals surface area contributed by atoms with Gasteiger partial charge >= 0.3 is 0 Å². The fourth-order valence-electron chi connectivity index (χ4n) is 4.67. The van der Waals surface area contributed by atoms with Crippen molar-refractivity contribution in [3.8, 4) is 0 Å². The first-order valence-electron chi connectivity index (χ1n) is 11.3. The summed E-state index contributed by atoms with van der Waals surface area (Å²) in [5.41, 5.74) is 3.04. The van der Waals surface area contributed by atoms with Crippen LogP contribution < -0.4 is 5.32 Å². The first kappa shape index (κ1) is 20.4. The molecule has 0 spiro atoms. The van der Waals surface area contributed by atoms with Gasteiger partial charge in [-0.3, -0.25) is 9.69 Å². The summed E-state index contributed by atoms with van der Waals surface area (Å²) in [4.78, 5) is 22.5. The Kier molecular flexibility index (Phi) is 6.50. The molecule has 1 saturated heterocycles. The average molecular weight is 398 g/mol. The third-order valence-corrected chi connectivity index (χ3v) is 6.48. The number of rotatable bonds is 6. The number of amides is 1. The Bertz CT molecular complexity index is 831.